The summed E-state index contributed by atoms with van der Waals surface area (Å²) in [7, 11) is 0. The Morgan fingerprint density at radius 1 is 1.43 bits per heavy atom. The highest BCUT2D eigenvalue weighted by atomic mass is 35.5. The molecule has 1 saturated carbocycles. The van der Waals surface area contributed by atoms with Crippen LogP contribution in [0.25, 0.3) is 0 Å². The molecular formula is C16H22ClNO3. The molecule has 5 heteroatoms. The van der Waals surface area contributed by atoms with Crippen molar-refractivity contribution >= 4 is 17.5 Å². The maximum absolute atomic E-state index is 12.0. The summed E-state index contributed by atoms with van der Waals surface area (Å²) < 4.78 is 5.48. The average molecular weight is 312 g/mol. The summed E-state index contributed by atoms with van der Waals surface area (Å²) >= 11 is 6.03. The fourth-order valence-electron chi connectivity index (χ4n) is 2.73. The van der Waals surface area contributed by atoms with Crippen LogP contribution in [0.3, 0.4) is 0 Å². The second-order valence-corrected chi connectivity index (χ2v) is 6.03. The second kappa shape index (κ2) is 7.66. The molecule has 1 aliphatic rings. The zero-order valence-electron chi connectivity index (χ0n) is 12.3. The van der Waals surface area contributed by atoms with Crippen LogP contribution in [-0.4, -0.2) is 30.3 Å². The molecule has 1 aromatic carbocycles. The van der Waals surface area contributed by atoms with Crippen molar-refractivity contribution in [3.05, 3.63) is 28.8 Å². The molecule has 2 N–H and O–H groups in total. The molecule has 21 heavy (non-hydrogen) atoms. The average Bonchev–Trinajstić information content (AvgIpc) is 2.49. The number of carbonyl (C=O) groups excluding carboxylic acids is 1. The molecule has 1 fully saturated rings. The Morgan fingerprint density at radius 2 is 2.19 bits per heavy atom. The van der Waals surface area contributed by atoms with E-state index in [-0.39, 0.29) is 31.1 Å². The van der Waals surface area contributed by atoms with Crippen LogP contribution in [-0.2, 0) is 4.79 Å². The Kier molecular flexibility index (Phi) is 5.88. The van der Waals surface area contributed by atoms with Crippen LogP contribution in [0.5, 0.6) is 5.75 Å². The Balaban J connectivity index is 1.85. The number of aliphatic hydroxyl groups is 1. The van der Waals surface area contributed by atoms with Gasteiger partial charge in [-0.2, -0.15) is 0 Å². The second-order valence-electron chi connectivity index (χ2n) is 5.62. The summed E-state index contributed by atoms with van der Waals surface area (Å²) in [6.45, 7) is 2.00. The minimum absolute atomic E-state index is 0.0489. The first-order valence-electron chi connectivity index (χ1n) is 7.39. The van der Waals surface area contributed by atoms with Crippen LogP contribution in [0.4, 0.5) is 0 Å². The molecule has 2 unspecified atom stereocenters. The van der Waals surface area contributed by atoms with Crippen molar-refractivity contribution in [3.8, 4) is 5.75 Å². The molecule has 4 nitrogen and oxygen atoms in total. The first-order chi connectivity index (χ1) is 10.1. The Bertz CT molecular complexity index is 492. The van der Waals surface area contributed by atoms with Crippen molar-refractivity contribution in [2.45, 2.75) is 38.6 Å². The normalized spacial score (nSPS) is 21.9. The first-order valence-corrected chi connectivity index (χ1v) is 7.77. The molecule has 0 aliphatic heterocycles. The smallest absolute Gasteiger partial charge is 0.258 e. The van der Waals surface area contributed by atoms with Gasteiger partial charge in [0.1, 0.15) is 5.75 Å². The molecule has 0 radical (unpaired) electrons. The molecule has 0 saturated heterocycles. The lowest BCUT2D eigenvalue weighted by atomic mass is 9.85. The largest absolute Gasteiger partial charge is 0.482 e. The van der Waals surface area contributed by atoms with Crippen LogP contribution in [0.1, 0.15) is 31.2 Å². The zero-order chi connectivity index (χ0) is 15.2. The van der Waals surface area contributed by atoms with Gasteiger partial charge in [-0.25, -0.2) is 0 Å². The Morgan fingerprint density at radius 3 is 2.95 bits per heavy atom. The van der Waals surface area contributed by atoms with E-state index in [0.717, 1.165) is 31.2 Å². The van der Waals surface area contributed by atoms with Gasteiger partial charge in [-0.15, -0.1) is 0 Å². The quantitative estimate of drug-likeness (QED) is 0.879. The third-order valence-corrected chi connectivity index (χ3v) is 4.25. The van der Waals surface area contributed by atoms with E-state index in [1.807, 2.05) is 19.1 Å². The molecular weight excluding hydrogens is 290 g/mol. The fraction of sp³-hybridized carbons (Fsp3) is 0.562. The lowest BCUT2D eigenvalue weighted by Gasteiger charge is -2.30. The molecule has 1 amide bonds. The molecule has 0 heterocycles. The molecule has 0 aromatic heterocycles. The molecule has 1 aromatic rings. The third kappa shape index (κ3) is 4.61. The van der Waals surface area contributed by atoms with Crippen LogP contribution < -0.4 is 10.1 Å². The molecule has 0 bridgehead atoms. The highest BCUT2D eigenvalue weighted by molar-refractivity contribution is 6.32. The van der Waals surface area contributed by atoms with E-state index >= 15 is 0 Å². The van der Waals surface area contributed by atoms with E-state index in [1.165, 1.54) is 0 Å². The predicted octanol–water partition coefficient (Wildman–Crippen LogP) is 2.69. The number of aliphatic hydroxyl groups excluding tert-OH is 1. The number of halogens is 1. The SMILES string of the molecule is Cc1ccc(Cl)c(OCC(=O)NC2CCCCC2CO)c1. The monoisotopic (exact) mass is 311 g/mol. The van der Waals surface area contributed by atoms with Crippen molar-refractivity contribution in [2.75, 3.05) is 13.2 Å². The number of amides is 1. The molecule has 116 valence electrons. The minimum atomic E-state index is -0.169. The van der Waals surface area contributed by atoms with Gasteiger partial charge in [-0.1, -0.05) is 30.5 Å². The highest BCUT2D eigenvalue weighted by Gasteiger charge is 2.25. The van der Waals surface area contributed by atoms with E-state index in [9.17, 15) is 9.90 Å². The summed E-state index contributed by atoms with van der Waals surface area (Å²) in [5.74, 6) is 0.511. The maximum atomic E-state index is 12.0. The van der Waals surface area contributed by atoms with Gasteiger partial charge in [0, 0.05) is 18.6 Å². The number of nitrogens with one attached hydrogen (secondary N) is 1. The number of benzene rings is 1. The van der Waals surface area contributed by atoms with Gasteiger partial charge >= 0.3 is 0 Å². The number of rotatable bonds is 5. The van der Waals surface area contributed by atoms with Gasteiger partial charge in [0.25, 0.3) is 5.91 Å². The molecule has 1 aliphatic carbocycles. The predicted molar refractivity (Wildman–Crippen MR) is 82.7 cm³/mol. The third-order valence-electron chi connectivity index (χ3n) is 3.94. The topological polar surface area (TPSA) is 58.6 Å². The summed E-state index contributed by atoms with van der Waals surface area (Å²) in [6.07, 6.45) is 4.09. The highest BCUT2D eigenvalue weighted by Crippen LogP contribution is 2.26. The van der Waals surface area contributed by atoms with Crippen LogP contribution in [0.2, 0.25) is 5.02 Å². The van der Waals surface area contributed by atoms with Gasteiger partial charge in [0.05, 0.1) is 5.02 Å². The zero-order valence-corrected chi connectivity index (χ0v) is 13.0. The van der Waals surface area contributed by atoms with Gasteiger partial charge in [0.2, 0.25) is 0 Å². The van der Waals surface area contributed by atoms with Gasteiger partial charge in [-0.05, 0) is 37.5 Å². The number of hydrogen-bond acceptors (Lipinski definition) is 3. The van der Waals surface area contributed by atoms with E-state index in [2.05, 4.69) is 5.32 Å². The molecule has 2 rings (SSSR count). The van der Waals surface area contributed by atoms with Crippen LogP contribution >= 0.6 is 11.6 Å². The van der Waals surface area contributed by atoms with Gasteiger partial charge in [-0.3, -0.25) is 4.79 Å². The van der Waals surface area contributed by atoms with E-state index in [0.29, 0.717) is 10.8 Å². The van der Waals surface area contributed by atoms with Gasteiger partial charge in [0.15, 0.2) is 6.61 Å². The van der Waals surface area contributed by atoms with Crippen molar-refractivity contribution in [1.82, 2.24) is 5.32 Å². The molecule has 2 atom stereocenters. The maximum Gasteiger partial charge on any atom is 0.258 e. The lowest BCUT2D eigenvalue weighted by Crippen LogP contribution is -2.45. The first kappa shape index (κ1) is 16.1. The van der Waals surface area contributed by atoms with Crippen molar-refractivity contribution in [2.24, 2.45) is 5.92 Å². The molecule has 0 spiro atoms. The summed E-state index contributed by atoms with van der Waals surface area (Å²) in [6, 6.07) is 5.51. The minimum Gasteiger partial charge on any atom is -0.482 e. The number of carbonyl (C=O) groups is 1. The number of hydrogen-bond donors (Lipinski definition) is 2. The van der Waals surface area contributed by atoms with Crippen LogP contribution in [0.15, 0.2) is 18.2 Å². The van der Waals surface area contributed by atoms with E-state index in [4.69, 9.17) is 16.3 Å². The van der Waals surface area contributed by atoms with Gasteiger partial charge < -0.3 is 15.2 Å². The number of aryl methyl sites for hydroxylation is 1. The van der Waals surface area contributed by atoms with E-state index < -0.39 is 0 Å². The summed E-state index contributed by atoms with van der Waals surface area (Å²) in [5.41, 5.74) is 1.03. The standard InChI is InChI=1S/C16H22ClNO3/c1-11-6-7-13(17)15(8-11)21-10-16(20)18-14-5-3-2-4-12(14)9-19/h6-8,12,14,19H,2-5,9-10H2,1H3,(H,18,20). The van der Waals surface area contributed by atoms with Crippen molar-refractivity contribution in [1.29, 1.82) is 0 Å². The van der Waals surface area contributed by atoms with Crippen LogP contribution in [0, 0.1) is 12.8 Å². The van der Waals surface area contributed by atoms with Crippen molar-refractivity contribution < 1.29 is 14.6 Å². The van der Waals surface area contributed by atoms with E-state index in [1.54, 1.807) is 6.07 Å². The summed E-state index contributed by atoms with van der Waals surface area (Å²) in [4.78, 5) is 12.0. The lowest BCUT2D eigenvalue weighted by molar-refractivity contribution is -0.124. The van der Waals surface area contributed by atoms with Crippen molar-refractivity contribution in [3.63, 3.8) is 0 Å². The Labute approximate surface area is 130 Å². The number of ether oxygens (including phenoxy) is 1. The Hall–Kier alpha value is -1.26. The fourth-order valence-corrected chi connectivity index (χ4v) is 2.90. The summed E-state index contributed by atoms with van der Waals surface area (Å²) in [5, 5.41) is 12.8.